The van der Waals surface area contributed by atoms with Gasteiger partial charge in [0.15, 0.2) is 0 Å². The van der Waals surface area contributed by atoms with Crippen LogP contribution in [-0.2, 0) is 31.3 Å². The first-order valence-corrected chi connectivity index (χ1v) is 17.9. The zero-order chi connectivity index (χ0) is 31.6. The van der Waals surface area contributed by atoms with Crippen LogP contribution in [0.5, 0.6) is 5.75 Å². The van der Waals surface area contributed by atoms with E-state index in [1.165, 1.54) is 11.1 Å². The predicted molar refractivity (Wildman–Crippen MR) is 174 cm³/mol. The molecule has 6 rings (SSSR count). The lowest BCUT2D eigenvalue weighted by Crippen LogP contribution is -2.49. The lowest BCUT2D eigenvalue weighted by Gasteiger charge is -2.45. The third-order valence-electron chi connectivity index (χ3n) is 10.1. The standard InChI is InChI=1S/C34H43ClN2O7S/c1-42-15-16-43-20-27-6-2-3-7-31(38)28-11-8-25(28)19-37-21-34(14-4-5-23-17-26(35)10-12-29(23)34)22-44-32-13-9-24(18-30(32)37)33(39)36-45(27,40)41/h3,7,9-10,12-13,17-18,25,27-28,31,38H,2,4-6,8,11,14-16,19-22H2,1H3,(H,36,39)/b7-3+/t25-,27-,28+,31-,34-/m0/s1. The summed E-state index contributed by atoms with van der Waals surface area (Å²) in [5.41, 5.74) is 3.21. The number of hydrogen-bond donors (Lipinski definition) is 2. The van der Waals surface area contributed by atoms with Crippen molar-refractivity contribution in [1.82, 2.24) is 4.72 Å². The van der Waals surface area contributed by atoms with Gasteiger partial charge in [0, 0.05) is 36.2 Å². The van der Waals surface area contributed by atoms with Gasteiger partial charge in [-0.15, -0.1) is 0 Å². The molecule has 1 amide bonds. The lowest BCUT2D eigenvalue weighted by atomic mass is 9.68. The molecule has 0 unspecified atom stereocenters. The summed E-state index contributed by atoms with van der Waals surface area (Å²) in [7, 11) is -2.53. The number of ether oxygens (including phenoxy) is 3. The average molecular weight is 659 g/mol. The normalized spacial score (nSPS) is 30.2. The molecule has 2 N–H and O–H groups in total. The minimum absolute atomic E-state index is 0.0758. The van der Waals surface area contributed by atoms with Crippen molar-refractivity contribution in [2.24, 2.45) is 11.8 Å². The van der Waals surface area contributed by atoms with Crippen LogP contribution < -0.4 is 14.4 Å². The van der Waals surface area contributed by atoms with Crippen molar-refractivity contribution in [3.63, 3.8) is 0 Å². The van der Waals surface area contributed by atoms with Gasteiger partial charge in [-0.25, -0.2) is 13.1 Å². The number of rotatable bonds is 5. The second kappa shape index (κ2) is 13.6. The number of hydrogen-bond acceptors (Lipinski definition) is 8. The SMILES string of the molecule is COCCOC[C@@H]1CC/C=C/[C@H](O)[C@@H]2CC[C@H]2CN2C[C@@]3(CCCc4cc(Cl)ccc43)COc3ccc(cc32)C(=O)NS1(=O)=O. The van der Waals surface area contributed by atoms with Crippen LogP contribution in [-0.4, -0.2) is 77.4 Å². The fraction of sp³-hybridized carbons (Fsp3) is 0.559. The summed E-state index contributed by atoms with van der Waals surface area (Å²) in [6.07, 6.45) is 8.55. The molecule has 2 aliphatic carbocycles. The number of nitrogens with zero attached hydrogens (tertiary/aromatic N) is 1. The third kappa shape index (κ3) is 6.90. The van der Waals surface area contributed by atoms with Gasteiger partial charge >= 0.3 is 0 Å². The minimum atomic E-state index is -4.08. The molecule has 4 aliphatic rings. The number of aryl methyl sites for hydroxylation is 1. The largest absolute Gasteiger partial charge is 0.490 e. The number of aliphatic hydroxyl groups is 1. The van der Waals surface area contributed by atoms with E-state index in [2.05, 4.69) is 21.8 Å². The Labute approximate surface area is 270 Å². The van der Waals surface area contributed by atoms with Crippen molar-refractivity contribution in [1.29, 1.82) is 0 Å². The van der Waals surface area contributed by atoms with Crippen LogP contribution in [0.2, 0.25) is 5.02 Å². The first-order chi connectivity index (χ1) is 21.7. The summed E-state index contributed by atoms with van der Waals surface area (Å²) in [6, 6.07) is 11.3. The summed E-state index contributed by atoms with van der Waals surface area (Å²) in [5.74, 6) is 0.331. The highest BCUT2D eigenvalue weighted by Crippen LogP contribution is 2.46. The Morgan fingerprint density at radius 2 is 2.02 bits per heavy atom. The van der Waals surface area contributed by atoms with Crippen LogP contribution in [0.3, 0.4) is 0 Å². The van der Waals surface area contributed by atoms with Crippen molar-refractivity contribution in [2.75, 3.05) is 51.5 Å². The van der Waals surface area contributed by atoms with E-state index in [9.17, 15) is 18.3 Å². The summed E-state index contributed by atoms with van der Waals surface area (Å²) < 4.78 is 46.4. The second-order valence-electron chi connectivity index (χ2n) is 13.0. The highest BCUT2D eigenvalue weighted by atomic mass is 35.5. The molecule has 0 saturated heterocycles. The fourth-order valence-electron chi connectivity index (χ4n) is 7.43. The summed E-state index contributed by atoms with van der Waals surface area (Å²) >= 11 is 6.40. The van der Waals surface area contributed by atoms with Crippen molar-refractivity contribution < 1.29 is 32.5 Å². The van der Waals surface area contributed by atoms with Crippen LogP contribution in [0.25, 0.3) is 0 Å². The minimum Gasteiger partial charge on any atom is -0.490 e. The van der Waals surface area contributed by atoms with Crippen molar-refractivity contribution in [2.45, 2.75) is 61.7 Å². The molecule has 2 bridgehead atoms. The van der Waals surface area contributed by atoms with Crippen LogP contribution in [0.1, 0.15) is 60.0 Å². The summed E-state index contributed by atoms with van der Waals surface area (Å²) in [6.45, 7) is 2.35. The van der Waals surface area contributed by atoms with Gasteiger partial charge in [0.1, 0.15) is 11.0 Å². The number of halogens is 1. The summed E-state index contributed by atoms with van der Waals surface area (Å²) in [5, 5.41) is 10.9. The van der Waals surface area contributed by atoms with Crippen LogP contribution >= 0.6 is 11.6 Å². The number of carbonyl (C=O) groups excluding carboxylic acids is 1. The Balaban J connectivity index is 1.36. The van der Waals surface area contributed by atoms with Crippen molar-refractivity contribution in [3.05, 3.63) is 70.3 Å². The Bertz CT molecular complexity index is 1530. The van der Waals surface area contributed by atoms with Gasteiger partial charge in [-0.05, 0) is 98.2 Å². The average Bonchev–Trinajstić information content (AvgIpc) is 3.14. The number of anilines is 1. The van der Waals surface area contributed by atoms with Crippen molar-refractivity contribution >= 4 is 33.2 Å². The van der Waals surface area contributed by atoms with E-state index in [0.29, 0.717) is 38.5 Å². The topological polar surface area (TPSA) is 114 Å². The molecule has 1 saturated carbocycles. The molecule has 9 nitrogen and oxygen atoms in total. The van der Waals surface area contributed by atoms with Gasteiger partial charge < -0.3 is 24.2 Å². The van der Waals surface area contributed by atoms with Gasteiger partial charge in [0.05, 0.1) is 38.2 Å². The van der Waals surface area contributed by atoms with Gasteiger partial charge in [-0.2, -0.15) is 0 Å². The zero-order valence-electron chi connectivity index (χ0n) is 25.8. The van der Waals surface area contributed by atoms with E-state index in [-0.39, 0.29) is 42.4 Å². The molecule has 2 aromatic carbocycles. The number of allylic oxidation sites excluding steroid dienone is 1. The fourth-order valence-corrected chi connectivity index (χ4v) is 8.89. The molecule has 2 heterocycles. The molecule has 244 valence electrons. The van der Waals surface area contributed by atoms with Gasteiger partial charge in [0.2, 0.25) is 10.0 Å². The van der Waals surface area contributed by atoms with Crippen molar-refractivity contribution in [3.8, 4) is 5.75 Å². The van der Waals surface area contributed by atoms with E-state index < -0.39 is 27.3 Å². The first kappa shape index (κ1) is 32.3. The Morgan fingerprint density at radius 1 is 1.16 bits per heavy atom. The number of carbonyl (C=O) groups is 1. The number of aliphatic hydroxyl groups excluding tert-OH is 1. The molecule has 0 aromatic heterocycles. The van der Waals surface area contributed by atoms with Crippen LogP contribution in [0.15, 0.2) is 48.6 Å². The highest BCUT2D eigenvalue weighted by molar-refractivity contribution is 7.90. The molecular formula is C34H43ClN2O7S. The third-order valence-corrected chi connectivity index (χ3v) is 12.0. The molecule has 1 spiro atoms. The smallest absolute Gasteiger partial charge is 0.264 e. The molecule has 2 aromatic rings. The maximum atomic E-state index is 13.5. The first-order valence-electron chi connectivity index (χ1n) is 16.0. The Hall–Kier alpha value is -2.63. The van der Waals surface area contributed by atoms with Crippen LogP contribution in [0, 0.1) is 11.8 Å². The Kier molecular flexibility index (Phi) is 9.78. The van der Waals surface area contributed by atoms with Gasteiger partial charge in [-0.3, -0.25) is 4.79 Å². The molecule has 2 aliphatic heterocycles. The van der Waals surface area contributed by atoms with E-state index in [4.69, 9.17) is 25.8 Å². The number of benzene rings is 2. The van der Waals surface area contributed by atoms with Gasteiger partial charge in [0.25, 0.3) is 5.91 Å². The number of sulfonamides is 1. The molecule has 45 heavy (non-hydrogen) atoms. The lowest BCUT2D eigenvalue weighted by molar-refractivity contribution is 0.0456. The molecular weight excluding hydrogens is 616 g/mol. The second-order valence-corrected chi connectivity index (χ2v) is 15.3. The zero-order valence-corrected chi connectivity index (χ0v) is 27.3. The summed E-state index contributed by atoms with van der Waals surface area (Å²) in [4.78, 5) is 15.8. The van der Waals surface area contributed by atoms with E-state index >= 15 is 0 Å². The number of methoxy groups -OCH3 is 1. The van der Waals surface area contributed by atoms with Gasteiger partial charge in [-0.1, -0.05) is 29.8 Å². The maximum absolute atomic E-state index is 13.5. The molecule has 1 fully saturated rings. The highest BCUT2D eigenvalue weighted by Gasteiger charge is 2.44. The number of amides is 1. The molecule has 5 atom stereocenters. The Morgan fingerprint density at radius 3 is 2.82 bits per heavy atom. The van der Waals surface area contributed by atoms with E-state index in [0.717, 1.165) is 42.8 Å². The van der Waals surface area contributed by atoms with E-state index in [1.54, 1.807) is 31.4 Å². The monoisotopic (exact) mass is 658 g/mol. The van der Waals surface area contributed by atoms with E-state index in [1.807, 2.05) is 12.1 Å². The number of nitrogens with one attached hydrogen (secondary N) is 1. The predicted octanol–water partition coefficient (Wildman–Crippen LogP) is 4.64. The molecule has 11 heteroatoms. The quantitative estimate of drug-likeness (QED) is 0.353. The molecule has 0 radical (unpaired) electrons. The number of fused-ring (bicyclic) bond motifs is 4. The maximum Gasteiger partial charge on any atom is 0.264 e. The van der Waals surface area contributed by atoms with Crippen LogP contribution in [0.4, 0.5) is 5.69 Å².